The standard InChI is InChI=1S/C17H16ClF2NO4S/c1-2-9-25-15-8-5-12(18)10-14(15)21-16(22)11-3-6-13(7-4-11)26(23,24)17(19)20/h3-8,10,17H,2,9H2,1H3,(H,21,22). The Kier molecular flexibility index (Phi) is 6.55. The van der Waals surface area contributed by atoms with Crippen molar-refractivity contribution in [2.75, 3.05) is 11.9 Å². The normalized spacial score (nSPS) is 11.4. The predicted molar refractivity (Wildman–Crippen MR) is 94.8 cm³/mol. The Balaban J connectivity index is 2.22. The van der Waals surface area contributed by atoms with E-state index in [1.54, 1.807) is 12.1 Å². The summed E-state index contributed by atoms with van der Waals surface area (Å²) in [5, 5.41) is 3.00. The molecule has 0 aliphatic rings. The molecule has 2 rings (SSSR count). The molecule has 0 aromatic heterocycles. The van der Waals surface area contributed by atoms with Gasteiger partial charge in [-0.15, -0.1) is 0 Å². The van der Waals surface area contributed by atoms with E-state index in [1.165, 1.54) is 6.07 Å². The lowest BCUT2D eigenvalue weighted by Crippen LogP contribution is -2.14. The summed E-state index contributed by atoms with van der Waals surface area (Å²) in [5.74, 6) is -3.65. The van der Waals surface area contributed by atoms with E-state index in [9.17, 15) is 22.0 Å². The van der Waals surface area contributed by atoms with Crippen molar-refractivity contribution in [2.24, 2.45) is 0 Å². The van der Waals surface area contributed by atoms with Gasteiger partial charge >= 0.3 is 5.76 Å². The molecule has 1 amide bonds. The van der Waals surface area contributed by atoms with Crippen LogP contribution < -0.4 is 10.1 Å². The van der Waals surface area contributed by atoms with Crippen molar-refractivity contribution in [2.45, 2.75) is 24.0 Å². The number of carbonyl (C=O) groups excluding carboxylic acids is 1. The number of halogens is 3. The molecule has 1 N–H and O–H groups in total. The fourth-order valence-electron chi connectivity index (χ4n) is 2.03. The SMILES string of the molecule is CCCOc1ccc(Cl)cc1NC(=O)c1ccc(S(=O)(=O)C(F)F)cc1. The highest BCUT2D eigenvalue weighted by Crippen LogP contribution is 2.29. The number of alkyl halides is 2. The highest BCUT2D eigenvalue weighted by molar-refractivity contribution is 7.91. The third-order valence-electron chi connectivity index (χ3n) is 3.33. The number of ether oxygens (including phenoxy) is 1. The Bertz CT molecular complexity index is 886. The Hall–Kier alpha value is -2.19. The Labute approximate surface area is 154 Å². The van der Waals surface area contributed by atoms with Crippen LogP contribution in [0.2, 0.25) is 5.02 Å². The van der Waals surface area contributed by atoms with Gasteiger partial charge in [-0.05, 0) is 48.9 Å². The predicted octanol–water partition coefficient (Wildman–Crippen LogP) is 4.38. The maximum absolute atomic E-state index is 12.5. The van der Waals surface area contributed by atoms with Gasteiger partial charge in [-0.3, -0.25) is 4.79 Å². The number of anilines is 1. The molecular formula is C17H16ClF2NO4S. The summed E-state index contributed by atoms with van der Waals surface area (Å²) in [4.78, 5) is 11.8. The molecule has 9 heteroatoms. The maximum atomic E-state index is 12.5. The molecule has 0 radical (unpaired) electrons. The minimum atomic E-state index is -4.70. The van der Waals surface area contributed by atoms with Gasteiger partial charge in [0.2, 0.25) is 9.84 Å². The average Bonchev–Trinajstić information content (AvgIpc) is 2.61. The molecule has 140 valence electrons. The largest absolute Gasteiger partial charge is 0.491 e. The first-order valence-electron chi connectivity index (χ1n) is 7.61. The highest BCUT2D eigenvalue weighted by Gasteiger charge is 2.26. The smallest absolute Gasteiger partial charge is 0.341 e. The highest BCUT2D eigenvalue weighted by atomic mass is 35.5. The van der Waals surface area contributed by atoms with Crippen LogP contribution in [0.3, 0.4) is 0 Å². The van der Waals surface area contributed by atoms with E-state index in [2.05, 4.69) is 5.32 Å². The Morgan fingerprint density at radius 1 is 1.19 bits per heavy atom. The zero-order chi connectivity index (χ0) is 19.3. The third-order valence-corrected chi connectivity index (χ3v) is 4.96. The zero-order valence-corrected chi connectivity index (χ0v) is 15.3. The number of carbonyl (C=O) groups is 1. The second-order valence-corrected chi connectivity index (χ2v) is 7.63. The van der Waals surface area contributed by atoms with E-state index in [0.29, 0.717) is 23.1 Å². The first kappa shape index (κ1) is 20.1. The lowest BCUT2D eigenvalue weighted by Gasteiger charge is -2.13. The number of rotatable bonds is 7. The molecule has 26 heavy (non-hydrogen) atoms. The molecule has 0 atom stereocenters. The van der Waals surface area contributed by atoms with Crippen molar-refractivity contribution in [3.8, 4) is 5.75 Å². The molecule has 2 aromatic rings. The summed E-state index contributed by atoms with van der Waals surface area (Å²) in [7, 11) is -4.70. The second-order valence-electron chi connectivity index (χ2n) is 5.27. The van der Waals surface area contributed by atoms with Crippen LogP contribution >= 0.6 is 11.6 Å². The second kappa shape index (κ2) is 8.46. The number of hydrogen-bond acceptors (Lipinski definition) is 4. The van der Waals surface area contributed by atoms with E-state index in [0.717, 1.165) is 30.7 Å². The van der Waals surface area contributed by atoms with E-state index < -0.39 is 26.4 Å². The van der Waals surface area contributed by atoms with E-state index >= 15 is 0 Å². The van der Waals surface area contributed by atoms with Gasteiger partial charge in [0, 0.05) is 10.6 Å². The van der Waals surface area contributed by atoms with Gasteiger partial charge < -0.3 is 10.1 Å². The fourth-order valence-corrected chi connectivity index (χ4v) is 2.92. The van der Waals surface area contributed by atoms with Gasteiger partial charge in [-0.2, -0.15) is 8.78 Å². The molecule has 0 saturated carbocycles. The Morgan fingerprint density at radius 2 is 1.85 bits per heavy atom. The van der Waals surface area contributed by atoms with Crippen LogP contribution in [0.25, 0.3) is 0 Å². The zero-order valence-electron chi connectivity index (χ0n) is 13.7. The van der Waals surface area contributed by atoms with Gasteiger partial charge in [0.15, 0.2) is 0 Å². The van der Waals surface area contributed by atoms with Crippen molar-refractivity contribution < 1.29 is 26.7 Å². The summed E-state index contributed by atoms with van der Waals surface area (Å²) in [5.41, 5.74) is 0.444. The van der Waals surface area contributed by atoms with Crippen molar-refractivity contribution in [3.63, 3.8) is 0 Å². The first-order chi connectivity index (χ1) is 12.3. The van der Waals surface area contributed by atoms with E-state index in [4.69, 9.17) is 16.3 Å². The van der Waals surface area contributed by atoms with Crippen LogP contribution in [0, 0.1) is 0 Å². The fraction of sp³-hybridized carbons (Fsp3) is 0.235. The molecule has 0 aliphatic carbocycles. The molecule has 2 aromatic carbocycles. The van der Waals surface area contributed by atoms with Crippen molar-refractivity contribution in [1.82, 2.24) is 0 Å². The van der Waals surface area contributed by atoms with Crippen molar-refractivity contribution in [3.05, 3.63) is 53.1 Å². The quantitative estimate of drug-likeness (QED) is 0.744. The molecule has 0 saturated heterocycles. The van der Waals surface area contributed by atoms with E-state index in [-0.39, 0.29) is 5.56 Å². The monoisotopic (exact) mass is 403 g/mol. The maximum Gasteiger partial charge on any atom is 0.341 e. The summed E-state index contributed by atoms with van der Waals surface area (Å²) >= 11 is 5.94. The number of benzene rings is 2. The molecular weight excluding hydrogens is 388 g/mol. The van der Waals surface area contributed by atoms with E-state index in [1.807, 2.05) is 6.92 Å². The van der Waals surface area contributed by atoms with Crippen LogP contribution in [-0.2, 0) is 9.84 Å². The number of sulfone groups is 1. The molecule has 5 nitrogen and oxygen atoms in total. The first-order valence-corrected chi connectivity index (χ1v) is 9.54. The van der Waals surface area contributed by atoms with Crippen LogP contribution in [0.15, 0.2) is 47.4 Å². The molecule has 0 bridgehead atoms. The minimum absolute atomic E-state index is 0.0969. The Morgan fingerprint density at radius 3 is 2.42 bits per heavy atom. The third kappa shape index (κ3) is 4.70. The average molecular weight is 404 g/mol. The minimum Gasteiger partial charge on any atom is -0.491 e. The van der Waals surface area contributed by atoms with Crippen LogP contribution in [0.5, 0.6) is 5.75 Å². The lowest BCUT2D eigenvalue weighted by molar-refractivity contribution is 0.102. The number of hydrogen-bond donors (Lipinski definition) is 1. The lowest BCUT2D eigenvalue weighted by atomic mass is 10.2. The summed E-state index contributed by atoms with van der Waals surface area (Å²) in [6, 6.07) is 8.98. The molecule has 0 fully saturated rings. The van der Waals surface area contributed by atoms with Gasteiger partial charge in [-0.1, -0.05) is 18.5 Å². The van der Waals surface area contributed by atoms with Crippen molar-refractivity contribution in [1.29, 1.82) is 0 Å². The van der Waals surface area contributed by atoms with Gasteiger partial charge in [0.1, 0.15) is 5.75 Å². The number of nitrogens with one attached hydrogen (secondary N) is 1. The number of amides is 1. The summed E-state index contributed by atoms with van der Waals surface area (Å²) in [6.45, 7) is 2.38. The molecule has 0 unspecified atom stereocenters. The van der Waals surface area contributed by atoms with Crippen LogP contribution in [0.1, 0.15) is 23.7 Å². The van der Waals surface area contributed by atoms with Gasteiger partial charge in [-0.25, -0.2) is 8.42 Å². The summed E-state index contributed by atoms with van der Waals surface area (Å²) < 4.78 is 53.4. The van der Waals surface area contributed by atoms with Gasteiger partial charge in [0.05, 0.1) is 17.2 Å². The van der Waals surface area contributed by atoms with Crippen molar-refractivity contribution >= 4 is 33.0 Å². The van der Waals surface area contributed by atoms with Crippen LogP contribution in [-0.4, -0.2) is 26.7 Å². The molecule has 0 aliphatic heterocycles. The molecule has 0 spiro atoms. The van der Waals surface area contributed by atoms with Crippen LogP contribution in [0.4, 0.5) is 14.5 Å². The molecule has 0 heterocycles. The topological polar surface area (TPSA) is 72.5 Å². The summed E-state index contributed by atoms with van der Waals surface area (Å²) in [6.07, 6.45) is 0.774. The van der Waals surface area contributed by atoms with Gasteiger partial charge in [0.25, 0.3) is 5.91 Å².